The summed E-state index contributed by atoms with van der Waals surface area (Å²) in [4.78, 5) is 42.4. The van der Waals surface area contributed by atoms with E-state index in [1.165, 1.54) is 0 Å². The summed E-state index contributed by atoms with van der Waals surface area (Å²) < 4.78 is 7.16. The molecular weight excluding hydrogens is 522 g/mol. The molecule has 41 heavy (non-hydrogen) atoms. The van der Waals surface area contributed by atoms with E-state index in [0.29, 0.717) is 50.3 Å². The Morgan fingerprint density at radius 1 is 1.17 bits per heavy atom. The van der Waals surface area contributed by atoms with Crippen molar-refractivity contribution >= 4 is 40.2 Å². The van der Waals surface area contributed by atoms with Crippen LogP contribution in [0.2, 0.25) is 0 Å². The number of aromatic nitrogens is 5. The fourth-order valence-electron chi connectivity index (χ4n) is 5.58. The molecular formula is C29H35N9O3. The highest BCUT2D eigenvalue weighted by Gasteiger charge is 2.32. The highest BCUT2D eigenvalue weighted by Crippen LogP contribution is 2.33. The van der Waals surface area contributed by atoms with E-state index < -0.39 is 0 Å². The Morgan fingerprint density at radius 2 is 2.00 bits per heavy atom. The smallest absolute Gasteiger partial charge is 0.238 e. The number of morpholine rings is 1. The zero-order valence-electron chi connectivity index (χ0n) is 23.6. The Morgan fingerprint density at radius 3 is 2.78 bits per heavy atom. The van der Waals surface area contributed by atoms with Crippen molar-refractivity contribution in [3.8, 4) is 11.3 Å². The Kier molecular flexibility index (Phi) is 7.41. The fourth-order valence-corrected chi connectivity index (χ4v) is 5.58. The number of likely N-dealkylation sites (tertiary alicyclic amines) is 1. The average molecular weight is 558 g/mol. The number of aryl methyl sites for hydroxylation is 3. The first-order chi connectivity index (χ1) is 19.9. The van der Waals surface area contributed by atoms with Crippen LogP contribution in [-0.4, -0.2) is 92.3 Å². The third-order valence-electron chi connectivity index (χ3n) is 7.88. The van der Waals surface area contributed by atoms with E-state index in [9.17, 15) is 9.59 Å². The van der Waals surface area contributed by atoms with Crippen molar-refractivity contribution in [2.45, 2.75) is 20.3 Å². The summed E-state index contributed by atoms with van der Waals surface area (Å²) in [5.41, 5.74) is 5.19. The Labute approximate surface area is 238 Å². The number of hydrogen-bond donors (Lipinski definition) is 3. The van der Waals surface area contributed by atoms with Crippen LogP contribution in [0.5, 0.6) is 0 Å². The summed E-state index contributed by atoms with van der Waals surface area (Å²) in [6.45, 7) is 8.01. The molecule has 2 aliphatic heterocycles. The van der Waals surface area contributed by atoms with Gasteiger partial charge in [0.1, 0.15) is 0 Å². The van der Waals surface area contributed by atoms with Gasteiger partial charge in [0.05, 0.1) is 42.6 Å². The van der Waals surface area contributed by atoms with Crippen LogP contribution in [0.1, 0.15) is 17.7 Å². The summed E-state index contributed by atoms with van der Waals surface area (Å²) in [7, 11) is 1.89. The van der Waals surface area contributed by atoms with E-state index in [1.807, 2.05) is 56.3 Å². The lowest BCUT2D eigenvalue weighted by atomic mass is 10.1. The van der Waals surface area contributed by atoms with Gasteiger partial charge in [0.2, 0.25) is 17.8 Å². The molecule has 4 aromatic rings. The quantitative estimate of drug-likeness (QED) is 0.316. The van der Waals surface area contributed by atoms with Crippen LogP contribution >= 0.6 is 0 Å². The summed E-state index contributed by atoms with van der Waals surface area (Å²) in [6.07, 6.45) is 4.47. The number of H-pyrrole nitrogens is 1. The van der Waals surface area contributed by atoms with Crippen molar-refractivity contribution in [3.05, 3.63) is 47.9 Å². The largest absolute Gasteiger partial charge is 0.378 e. The number of ether oxygens (including phenoxy) is 1. The van der Waals surface area contributed by atoms with Crippen molar-refractivity contribution in [2.75, 3.05) is 56.6 Å². The van der Waals surface area contributed by atoms with Crippen molar-refractivity contribution < 1.29 is 14.3 Å². The number of aromatic amines is 1. The molecule has 214 valence electrons. The average Bonchev–Trinajstić information content (AvgIpc) is 3.69. The number of amides is 2. The van der Waals surface area contributed by atoms with Gasteiger partial charge in [0, 0.05) is 61.8 Å². The minimum Gasteiger partial charge on any atom is -0.378 e. The van der Waals surface area contributed by atoms with Gasteiger partial charge in [0.15, 0.2) is 5.82 Å². The second-order valence-electron chi connectivity index (χ2n) is 10.8. The third-order valence-corrected chi connectivity index (χ3v) is 7.88. The van der Waals surface area contributed by atoms with E-state index >= 15 is 0 Å². The van der Waals surface area contributed by atoms with Gasteiger partial charge in [0.25, 0.3) is 0 Å². The van der Waals surface area contributed by atoms with Crippen LogP contribution in [0, 0.1) is 19.8 Å². The van der Waals surface area contributed by atoms with Crippen LogP contribution in [0.3, 0.4) is 0 Å². The van der Waals surface area contributed by atoms with Crippen LogP contribution in [0.15, 0.2) is 36.7 Å². The van der Waals surface area contributed by atoms with Gasteiger partial charge in [-0.15, -0.1) is 0 Å². The van der Waals surface area contributed by atoms with E-state index in [0.717, 1.165) is 46.4 Å². The van der Waals surface area contributed by atoms with Gasteiger partial charge in [-0.2, -0.15) is 5.10 Å². The number of anilines is 3. The maximum atomic E-state index is 13.1. The molecule has 3 aromatic heterocycles. The predicted molar refractivity (Wildman–Crippen MR) is 156 cm³/mol. The van der Waals surface area contributed by atoms with Gasteiger partial charge in [-0.05, 0) is 38.4 Å². The van der Waals surface area contributed by atoms with Gasteiger partial charge >= 0.3 is 0 Å². The van der Waals surface area contributed by atoms with Crippen molar-refractivity contribution in [3.63, 3.8) is 0 Å². The summed E-state index contributed by atoms with van der Waals surface area (Å²) in [5, 5.41) is 11.6. The van der Waals surface area contributed by atoms with Gasteiger partial charge in [-0.1, -0.05) is 12.1 Å². The second kappa shape index (κ2) is 11.3. The topological polar surface area (TPSA) is 133 Å². The molecule has 12 nitrogen and oxygen atoms in total. The minimum atomic E-state index is -0.108. The number of nitrogens with zero attached hydrogens (tertiary/aromatic N) is 6. The number of carbonyl (C=O) groups excluding carboxylic acids is 2. The van der Waals surface area contributed by atoms with Crippen LogP contribution in [0.25, 0.3) is 22.2 Å². The van der Waals surface area contributed by atoms with E-state index in [-0.39, 0.29) is 24.3 Å². The lowest BCUT2D eigenvalue weighted by Crippen LogP contribution is -2.44. The van der Waals surface area contributed by atoms with Crippen LogP contribution in [0.4, 0.5) is 17.5 Å². The maximum absolute atomic E-state index is 13.1. The normalized spacial score (nSPS) is 17.7. The molecule has 6 rings (SSSR count). The lowest BCUT2D eigenvalue weighted by Gasteiger charge is -2.29. The molecule has 0 radical (unpaired) electrons. The highest BCUT2D eigenvalue weighted by molar-refractivity contribution is 6.06. The molecule has 2 aliphatic rings. The zero-order valence-corrected chi connectivity index (χ0v) is 23.6. The lowest BCUT2D eigenvalue weighted by molar-refractivity contribution is -0.139. The highest BCUT2D eigenvalue weighted by atomic mass is 16.5. The van der Waals surface area contributed by atoms with E-state index in [2.05, 4.69) is 30.6 Å². The molecule has 0 unspecified atom stereocenters. The molecule has 0 bridgehead atoms. The van der Waals surface area contributed by atoms with E-state index in [1.54, 1.807) is 10.9 Å². The molecule has 5 heterocycles. The van der Waals surface area contributed by atoms with Crippen LogP contribution in [-0.2, 0) is 21.4 Å². The molecule has 2 amide bonds. The molecule has 0 aliphatic carbocycles. The molecule has 3 N–H and O–H groups in total. The van der Waals surface area contributed by atoms with Crippen molar-refractivity contribution in [2.24, 2.45) is 13.0 Å². The number of nitrogens with one attached hydrogen (secondary N) is 3. The first-order valence-corrected chi connectivity index (χ1v) is 14.0. The number of para-hydroxylation sites is 1. The molecule has 12 heteroatoms. The van der Waals surface area contributed by atoms with Crippen LogP contribution < -0.4 is 10.6 Å². The zero-order chi connectivity index (χ0) is 28.5. The maximum Gasteiger partial charge on any atom is 0.238 e. The third kappa shape index (κ3) is 5.66. The molecule has 2 saturated heterocycles. The first-order valence-electron chi connectivity index (χ1n) is 14.0. The standard InChI is InChI=1S/C29H35N9O3/c1-18-14-31-29(33-24-13-19(2)36(3)35-24)34-26(18)22-15-30-27-21(22)5-4-6-23(27)32-25(39)17-37-8-7-20(16-37)28(40)38-9-11-41-12-10-38/h4-6,13-15,20,30H,7-12,16-17H2,1-3H3,(H,32,39)(H,31,33,34,35)/t20-/m0/s1. The first kappa shape index (κ1) is 26.9. The number of fused-ring (bicyclic) bond motifs is 1. The van der Waals surface area contributed by atoms with Gasteiger partial charge < -0.3 is 25.3 Å². The van der Waals surface area contributed by atoms with Crippen molar-refractivity contribution in [1.29, 1.82) is 0 Å². The number of carbonyl (C=O) groups is 2. The Balaban J connectivity index is 1.14. The number of hydrogen-bond acceptors (Lipinski definition) is 8. The van der Waals surface area contributed by atoms with Gasteiger partial charge in [-0.3, -0.25) is 19.2 Å². The summed E-state index contributed by atoms with van der Waals surface area (Å²) in [5.74, 6) is 1.14. The predicted octanol–water partition coefficient (Wildman–Crippen LogP) is 2.84. The fraction of sp³-hybridized carbons (Fsp3) is 0.414. The monoisotopic (exact) mass is 557 g/mol. The van der Waals surface area contributed by atoms with E-state index in [4.69, 9.17) is 9.72 Å². The summed E-state index contributed by atoms with van der Waals surface area (Å²) >= 11 is 0. The molecule has 1 atom stereocenters. The van der Waals surface area contributed by atoms with Gasteiger partial charge in [-0.25, -0.2) is 9.97 Å². The number of benzene rings is 1. The number of rotatable bonds is 7. The Hall–Kier alpha value is -4.29. The minimum absolute atomic E-state index is 0.0625. The molecule has 0 saturated carbocycles. The van der Waals surface area contributed by atoms with Crippen molar-refractivity contribution in [1.82, 2.24) is 34.5 Å². The molecule has 0 spiro atoms. The summed E-state index contributed by atoms with van der Waals surface area (Å²) in [6, 6.07) is 7.76. The SMILES string of the molecule is Cc1cnc(Nc2cc(C)n(C)n2)nc1-c1c[nH]c2c(NC(=O)CN3CC[C@H](C(=O)N4CCOCC4)C3)cccc12. The second-order valence-corrected chi connectivity index (χ2v) is 10.8. The Bertz CT molecular complexity index is 1570. The molecule has 1 aromatic carbocycles. The molecule has 2 fully saturated rings.